The molecule has 2 fully saturated rings. The third-order valence-electron chi connectivity index (χ3n) is 3.27. The number of hydrogen-bond donors (Lipinski definition) is 2. The Kier molecular flexibility index (Phi) is 2.14. The first-order valence-corrected chi connectivity index (χ1v) is 4.74. The summed E-state index contributed by atoms with van der Waals surface area (Å²) in [4.78, 5) is 0. The second-order valence-electron chi connectivity index (χ2n) is 3.97. The molecule has 0 spiro atoms. The van der Waals surface area contributed by atoms with Gasteiger partial charge in [-0.25, -0.2) is 0 Å². The van der Waals surface area contributed by atoms with Gasteiger partial charge in [0.05, 0.1) is 0 Å². The summed E-state index contributed by atoms with van der Waals surface area (Å²) in [6.45, 7) is 1.61. The Balaban J connectivity index is 1.91. The van der Waals surface area contributed by atoms with E-state index >= 15 is 0 Å². The number of hydrogen-bond acceptors (Lipinski definition) is 2. The highest BCUT2D eigenvalue weighted by molar-refractivity contribution is 4.89. The largest absolute Gasteiger partial charge is 0.396 e. The highest BCUT2D eigenvalue weighted by Gasteiger charge is 2.32. The molecule has 11 heavy (non-hydrogen) atoms. The van der Waals surface area contributed by atoms with Crippen molar-refractivity contribution in [1.29, 1.82) is 0 Å². The van der Waals surface area contributed by atoms with Crippen molar-refractivity contribution in [3.8, 4) is 0 Å². The summed E-state index contributed by atoms with van der Waals surface area (Å²) in [6, 6.07) is 0.790. The van der Waals surface area contributed by atoms with Gasteiger partial charge in [0.25, 0.3) is 0 Å². The fourth-order valence-electron chi connectivity index (χ4n) is 2.57. The van der Waals surface area contributed by atoms with Crippen LogP contribution in [0.1, 0.15) is 25.7 Å². The molecule has 0 radical (unpaired) electrons. The van der Waals surface area contributed by atoms with Crippen LogP contribution in [0.5, 0.6) is 0 Å². The van der Waals surface area contributed by atoms with Gasteiger partial charge in [-0.1, -0.05) is 0 Å². The minimum absolute atomic E-state index is 0.406. The third-order valence-corrected chi connectivity index (χ3v) is 3.27. The van der Waals surface area contributed by atoms with E-state index < -0.39 is 0 Å². The van der Waals surface area contributed by atoms with Gasteiger partial charge in [0, 0.05) is 12.6 Å². The average Bonchev–Trinajstić information content (AvgIpc) is 2.50. The van der Waals surface area contributed by atoms with Gasteiger partial charge >= 0.3 is 0 Å². The molecule has 2 heteroatoms. The Morgan fingerprint density at radius 2 is 2.18 bits per heavy atom. The number of fused-ring (bicyclic) bond motifs is 1. The summed E-state index contributed by atoms with van der Waals surface area (Å²) in [5, 5.41) is 12.5. The van der Waals surface area contributed by atoms with Gasteiger partial charge in [-0.3, -0.25) is 0 Å². The minimum atomic E-state index is 0.406. The highest BCUT2D eigenvalue weighted by atomic mass is 16.3. The van der Waals surface area contributed by atoms with E-state index in [2.05, 4.69) is 5.32 Å². The second kappa shape index (κ2) is 3.11. The SMILES string of the molecule is OCC1CCC2NCCC2C1. The van der Waals surface area contributed by atoms with Gasteiger partial charge in [0.15, 0.2) is 0 Å². The van der Waals surface area contributed by atoms with Gasteiger partial charge in [-0.15, -0.1) is 0 Å². The Bertz CT molecular complexity index is 138. The summed E-state index contributed by atoms with van der Waals surface area (Å²) < 4.78 is 0. The van der Waals surface area contributed by atoms with Crippen molar-refractivity contribution in [2.45, 2.75) is 31.7 Å². The molecule has 0 amide bonds. The van der Waals surface area contributed by atoms with Crippen LogP contribution in [0.25, 0.3) is 0 Å². The maximum Gasteiger partial charge on any atom is 0.0459 e. The zero-order valence-electron chi connectivity index (χ0n) is 6.92. The first-order valence-electron chi connectivity index (χ1n) is 4.74. The lowest BCUT2D eigenvalue weighted by molar-refractivity contribution is 0.153. The van der Waals surface area contributed by atoms with Gasteiger partial charge in [-0.05, 0) is 44.1 Å². The van der Waals surface area contributed by atoms with Crippen molar-refractivity contribution >= 4 is 0 Å². The fourth-order valence-corrected chi connectivity index (χ4v) is 2.57. The van der Waals surface area contributed by atoms with Crippen LogP contribution in [0, 0.1) is 11.8 Å². The first-order chi connectivity index (χ1) is 5.40. The van der Waals surface area contributed by atoms with Crippen LogP contribution in [0.4, 0.5) is 0 Å². The van der Waals surface area contributed by atoms with Crippen LogP contribution in [0.3, 0.4) is 0 Å². The molecule has 1 aliphatic carbocycles. The van der Waals surface area contributed by atoms with E-state index in [-0.39, 0.29) is 0 Å². The molecule has 1 saturated heterocycles. The molecule has 1 heterocycles. The molecule has 1 aliphatic heterocycles. The topological polar surface area (TPSA) is 32.3 Å². The fraction of sp³-hybridized carbons (Fsp3) is 1.00. The molecule has 0 aromatic carbocycles. The van der Waals surface area contributed by atoms with Crippen molar-refractivity contribution in [1.82, 2.24) is 5.32 Å². The van der Waals surface area contributed by atoms with E-state index in [1.165, 1.54) is 32.2 Å². The zero-order chi connectivity index (χ0) is 7.68. The monoisotopic (exact) mass is 155 g/mol. The van der Waals surface area contributed by atoms with E-state index in [1.54, 1.807) is 0 Å². The number of nitrogens with one attached hydrogen (secondary N) is 1. The highest BCUT2D eigenvalue weighted by Crippen LogP contribution is 2.33. The quantitative estimate of drug-likeness (QED) is 0.586. The smallest absolute Gasteiger partial charge is 0.0459 e. The zero-order valence-corrected chi connectivity index (χ0v) is 6.92. The normalized spacial score (nSPS) is 43.9. The molecule has 0 aromatic rings. The van der Waals surface area contributed by atoms with Crippen LogP contribution in [0.15, 0.2) is 0 Å². The lowest BCUT2D eigenvalue weighted by Gasteiger charge is -2.30. The molecule has 1 saturated carbocycles. The van der Waals surface area contributed by atoms with E-state index in [0.29, 0.717) is 12.5 Å². The van der Waals surface area contributed by atoms with Gasteiger partial charge in [0.2, 0.25) is 0 Å². The van der Waals surface area contributed by atoms with Crippen LogP contribution in [-0.4, -0.2) is 24.3 Å². The summed E-state index contributed by atoms with van der Waals surface area (Å²) in [6.07, 6.45) is 5.11. The Labute approximate surface area is 68.0 Å². The van der Waals surface area contributed by atoms with E-state index in [4.69, 9.17) is 5.11 Å². The molecule has 0 bridgehead atoms. The lowest BCUT2D eigenvalue weighted by Crippen LogP contribution is -2.33. The number of rotatable bonds is 1. The van der Waals surface area contributed by atoms with Crippen LogP contribution < -0.4 is 5.32 Å². The molecule has 2 rings (SSSR count). The molecule has 3 atom stereocenters. The molecule has 0 aromatic heterocycles. The standard InChI is InChI=1S/C9H17NO/c11-6-7-1-2-9-8(5-7)3-4-10-9/h7-11H,1-6H2. The van der Waals surface area contributed by atoms with Gasteiger partial charge in [0.1, 0.15) is 0 Å². The summed E-state index contributed by atoms with van der Waals surface area (Å²) in [5.74, 6) is 1.48. The number of aliphatic hydroxyl groups is 1. The van der Waals surface area contributed by atoms with Crippen LogP contribution in [-0.2, 0) is 0 Å². The summed E-state index contributed by atoms with van der Waals surface area (Å²) >= 11 is 0. The van der Waals surface area contributed by atoms with Crippen molar-refractivity contribution < 1.29 is 5.11 Å². The lowest BCUT2D eigenvalue weighted by atomic mass is 9.79. The second-order valence-corrected chi connectivity index (χ2v) is 3.97. The van der Waals surface area contributed by atoms with Crippen molar-refractivity contribution in [2.75, 3.05) is 13.2 Å². The molecular formula is C9H17NO. The van der Waals surface area contributed by atoms with Crippen LogP contribution in [0.2, 0.25) is 0 Å². The molecule has 2 aliphatic rings. The van der Waals surface area contributed by atoms with Gasteiger partial charge in [-0.2, -0.15) is 0 Å². The average molecular weight is 155 g/mol. The minimum Gasteiger partial charge on any atom is -0.396 e. The van der Waals surface area contributed by atoms with E-state index in [9.17, 15) is 0 Å². The Morgan fingerprint density at radius 1 is 1.27 bits per heavy atom. The first kappa shape index (κ1) is 7.56. The molecule has 64 valence electrons. The van der Waals surface area contributed by atoms with E-state index in [0.717, 1.165) is 12.0 Å². The molecule has 2 N–H and O–H groups in total. The summed E-state index contributed by atoms with van der Waals surface area (Å²) in [7, 11) is 0. The van der Waals surface area contributed by atoms with Crippen molar-refractivity contribution in [3.05, 3.63) is 0 Å². The molecule has 3 unspecified atom stereocenters. The Hall–Kier alpha value is -0.0800. The van der Waals surface area contributed by atoms with Crippen molar-refractivity contribution in [3.63, 3.8) is 0 Å². The van der Waals surface area contributed by atoms with Crippen LogP contribution >= 0.6 is 0 Å². The maximum atomic E-state index is 8.99. The van der Waals surface area contributed by atoms with E-state index in [1.807, 2.05) is 0 Å². The third kappa shape index (κ3) is 1.42. The molecular weight excluding hydrogens is 138 g/mol. The summed E-state index contributed by atoms with van der Waals surface area (Å²) in [5.41, 5.74) is 0. The van der Waals surface area contributed by atoms with Crippen molar-refractivity contribution in [2.24, 2.45) is 11.8 Å². The number of aliphatic hydroxyl groups excluding tert-OH is 1. The Morgan fingerprint density at radius 3 is 3.00 bits per heavy atom. The van der Waals surface area contributed by atoms with Gasteiger partial charge < -0.3 is 10.4 Å². The predicted molar refractivity (Wildman–Crippen MR) is 44.3 cm³/mol. The molecule has 2 nitrogen and oxygen atoms in total. The predicted octanol–water partition coefficient (Wildman–Crippen LogP) is 0.757. The maximum absolute atomic E-state index is 8.99.